The summed E-state index contributed by atoms with van der Waals surface area (Å²) in [5.41, 5.74) is 1.54. The van der Waals surface area contributed by atoms with Crippen LogP contribution in [0.25, 0.3) is 11.3 Å². The topological polar surface area (TPSA) is 77.5 Å². The molecule has 2 aromatic carbocycles. The van der Waals surface area contributed by atoms with E-state index in [4.69, 9.17) is 9.47 Å². The number of rotatable bonds is 8. The lowest BCUT2D eigenvalue weighted by Gasteiger charge is -2.05. The number of para-hydroxylation sites is 1. The molecule has 6 nitrogen and oxygen atoms in total. The van der Waals surface area contributed by atoms with Crippen LogP contribution in [0.2, 0.25) is 0 Å². The molecule has 0 saturated carbocycles. The summed E-state index contributed by atoms with van der Waals surface area (Å²) in [6.45, 7) is 1.96. The lowest BCUT2D eigenvalue weighted by molar-refractivity contribution is -0.142. The third kappa shape index (κ3) is 5.40. The van der Waals surface area contributed by atoms with Crippen LogP contribution in [-0.4, -0.2) is 30.1 Å². The Bertz CT molecular complexity index is 926. The average molecular weight is 396 g/mol. The molecule has 1 amide bonds. The Morgan fingerprint density at radius 1 is 1.04 bits per heavy atom. The molecule has 0 radical (unpaired) electrons. The zero-order chi connectivity index (χ0) is 19.8. The third-order valence-electron chi connectivity index (χ3n) is 3.71. The van der Waals surface area contributed by atoms with Crippen LogP contribution in [0.1, 0.15) is 11.8 Å². The maximum Gasteiger partial charge on any atom is 0.311 e. The number of hydrogen-bond acceptors (Lipinski definition) is 6. The number of nitrogens with one attached hydrogen (secondary N) is 1. The molecule has 0 aliphatic carbocycles. The Morgan fingerprint density at radius 2 is 1.71 bits per heavy atom. The number of carbonyl (C=O) groups excluding carboxylic acids is 2. The van der Waals surface area contributed by atoms with E-state index in [0.29, 0.717) is 23.2 Å². The van der Waals surface area contributed by atoms with Gasteiger partial charge in [0.05, 0.1) is 18.7 Å². The van der Waals surface area contributed by atoms with Gasteiger partial charge in [-0.25, -0.2) is 4.98 Å². The second-order valence-corrected chi connectivity index (χ2v) is 6.87. The number of esters is 1. The predicted octanol–water partition coefficient (Wildman–Crippen LogP) is 3.93. The number of amides is 1. The van der Waals surface area contributed by atoms with Gasteiger partial charge in [-0.15, -0.1) is 11.3 Å². The molecule has 28 heavy (non-hydrogen) atoms. The molecule has 7 heteroatoms. The molecule has 0 fully saturated rings. The molecule has 0 bridgehead atoms. The van der Waals surface area contributed by atoms with Gasteiger partial charge in [0.1, 0.15) is 5.75 Å². The zero-order valence-electron chi connectivity index (χ0n) is 15.4. The fourth-order valence-corrected chi connectivity index (χ4v) is 3.50. The number of hydrogen-bond donors (Lipinski definition) is 1. The molecule has 1 N–H and O–H groups in total. The van der Waals surface area contributed by atoms with E-state index in [0.717, 1.165) is 10.4 Å². The summed E-state index contributed by atoms with van der Waals surface area (Å²) in [7, 11) is 0. The first kappa shape index (κ1) is 19.6. The van der Waals surface area contributed by atoms with Crippen molar-refractivity contribution >= 4 is 28.3 Å². The normalized spacial score (nSPS) is 10.3. The van der Waals surface area contributed by atoms with Gasteiger partial charge in [0.15, 0.2) is 11.7 Å². The maximum atomic E-state index is 12.2. The number of carbonyl (C=O) groups is 2. The van der Waals surface area contributed by atoms with Gasteiger partial charge in [0.25, 0.3) is 5.91 Å². The standard InChI is InChI=1S/C21H20N2O4S/c1-2-26-19(25)13-17-20(15-9-5-3-6-10-15)23-21(28-17)22-18(24)14-27-16-11-7-4-8-12-16/h3-12H,2,13-14H2,1H3,(H,22,23,24). The van der Waals surface area contributed by atoms with E-state index >= 15 is 0 Å². The van der Waals surface area contributed by atoms with Crippen molar-refractivity contribution in [3.8, 4) is 17.0 Å². The molecule has 0 aliphatic rings. The highest BCUT2D eigenvalue weighted by Gasteiger charge is 2.18. The van der Waals surface area contributed by atoms with Gasteiger partial charge in [-0.1, -0.05) is 48.5 Å². The Labute approximate surface area is 167 Å². The number of anilines is 1. The Kier molecular flexibility index (Phi) is 6.75. The molecule has 1 heterocycles. The van der Waals surface area contributed by atoms with Crippen molar-refractivity contribution in [1.82, 2.24) is 4.98 Å². The number of thiazole rings is 1. The number of benzene rings is 2. The second kappa shape index (κ2) is 9.66. The van der Waals surface area contributed by atoms with Crippen molar-refractivity contribution in [2.45, 2.75) is 13.3 Å². The van der Waals surface area contributed by atoms with E-state index in [1.165, 1.54) is 11.3 Å². The Balaban J connectivity index is 1.72. The monoisotopic (exact) mass is 396 g/mol. The van der Waals surface area contributed by atoms with E-state index in [9.17, 15) is 9.59 Å². The summed E-state index contributed by atoms with van der Waals surface area (Å²) in [4.78, 5) is 29.4. The summed E-state index contributed by atoms with van der Waals surface area (Å²) < 4.78 is 10.5. The van der Waals surface area contributed by atoms with Crippen molar-refractivity contribution < 1.29 is 19.1 Å². The third-order valence-corrected chi connectivity index (χ3v) is 4.69. The smallest absolute Gasteiger partial charge is 0.311 e. The molecular formula is C21H20N2O4S. The van der Waals surface area contributed by atoms with Gasteiger partial charge in [-0.2, -0.15) is 0 Å². The van der Waals surface area contributed by atoms with Gasteiger partial charge in [-0.3, -0.25) is 14.9 Å². The Hall–Kier alpha value is -3.19. The molecule has 1 aromatic heterocycles. The minimum absolute atomic E-state index is 0.103. The van der Waals surface area contributed by atoms with Crippen LogP contribution < -0.4 is 10.1 Å². The van der Waals surface area contributed by atoms with Crippen molar-refractivity contribution in [2.75, 3.05) is 18.5 Å². The summed E-state index contributed by atoms with van der Waals surface area (Å²) in [6, 6.07) is 18.6. The summed E-state index contributed by atoms with van der Waals surface area (Å²) in [6.07, 6.45) is 0.103. The first-order valence-corrected chi connectivity index (χ1v) is 9.65. The minimum atomic E-state index is -0.325. The van der Waals surface area contributed by atoms with Gasteiger partial charge in [0, 0.05) is 10.4 Å². The van der Waals surface area contributed by atoms with Crippen molar-refractivity contribution in [2.24, 2.45) is 0 Å². The van der Waals surface area contributed by atoms with E-state index < -0.39 is 0 Å². The predicted molar refractivity (Wildman–Crippen MR) is 108 cm³/mol. The van der Waals surface area contributed by atoms with E-state index in [2.05, 4.69) is 10.3 Å². The number of nitrogens with zero attached hydrogens (tertiary/aromatic N) is 1. The second-order valence-electron chi connectivity index (χ2n) is 5.79. The molecule has 0 spiro atoms. The lowest BCUT2D eigenvalue weighted by Crippen LogP contribution is -2.20. The van der Waals surface area contributed by atoms with Crippen LogP contribution in [0.15, 0.2) is 60.7 Å². The molecule has 0 saturated heterocycles. The van der Waals surface area contributed by atoms with E-state index in [1.807, 2.05) is 48.5 Å². The van der Waals surface area contributed by atoms with Crippen LogP contribution in [0, 0.1) is 0 Å². The minimum Gasteiger partial charge on any atom is -0.484 e. The molecular weight excluding hydrogens is 376 g/mol. The highest BCUT2D eigenvalue weighted by atomic mass is 32.1. The van der Waals surface area contributed by atoms with E-state index in [1.54, 1.807) is 19.1 Å². The molecule has 0 unspecified atom stereocenters. The van der Waals surface area contributed by atoms with Gasteiger partial charge in [-0.05, 0) is 19.1 Å². The SMILES string of the molecule is CCOC(=O)Cc1sc(NC(=O)COc2ccccc2)nc1-c1ccccc1. The molecule has 3 aromatic rings. The maximum absolute atomic E-state index is 12.2. The zero-order valence-corrected chi connectivity index (χ0v) is 16.2. The molecule has 144 valence electrons. The van der Waals surface area contributed by atoms with Crippen molar-refractivity contribution in [1.29, 1.82) is 0 Å². The summed E-state index contributed by atoms with van der Waals surface area (Å²) in [5.74, 6) is -0.0294. The fraction of sp³-hybridized carbons (Fsp3) is 0.190. The van der Waals surface area contributed by atoms with Gasteiger partial charge < -0.3 is 9.47 Å². The van der Waals surface area contributed by atoms with Crippen LogP contribution in [-0.2, 0) is 20.7 Å². The summed E-state index contributed by atoms with van der Waals surface area (Å²) >= 11 is 1.26. The first-order chi connectivity index (χ1) is 13.7. The first-order valence-electron chi connectivity index (χ1n) is 8.84. The highest BCUT2D eigenvalue weighted by Crippen LogP contribution is 2.31. The van der Waals surface area contributed by atoms with Crippen LogP contribution >= 0.6 is 11.3 Å². The molecule has 0 atom stereocenters. The van der Waals surface area contributed by atoms with Crippen molar-refractivity contribution in [3.05, 3.63) is 65.5 Å². The van der Waals surface area contributed by atoms with Gasteiger partial charge in [0.2, 0.25) is 0 Å². The van der Waals surface area contributed by atoms with Gasteiger partial charge >= 0.3 is 5.97 Å². The number of aromatic nitrogens is 1. The van der Waals surface area contributed by atoms with Crippen molar-refractivity contribution in [3.63, 3.8) is 0 Å². The largest absolute Gasteiger partial charge is 0.484 e. The average Bonchev–Trinajstić information content (AvgIpc) is 3.10. The fourth-order valence-electron chi connectivity index (χ4n) is 2.51. The highest BCUT2D eigenvalue weighted by molar-refractivity contribution is 7.16. The Morgan fingerprint density at radius 3 is 2.39 bits per heavy atom. The summed E-state index contributed by atoms with van der Waals surface area (Å²) in [5, 5.41) is 3.16. The quantitative estimate of drug-likeness (QED) is 0.584. The number of ether oxygens (including phenoxy) is 2. The van der Waals surface area contributed by atoms with Crippen LogP contribution in [0.5, 0.6) is 5.75 Å². The van der Waals surface area contributed by atoms with Crippen LogP contribution in [0.3, 0.4) is 0 Å². The lowest BCUT2D eigenvalue weighted by atomic mass is 10.1. The van der Waals surface area contributed by atoms with Crippen LogP contribution in [0.4, 0.5) is 5.13 Å². The molecule has 0 aliphatic heterocycles. The molecule has 3 rings (SSSR count). The van der Waals surface area contributed by atoms with E-state index in [-0.39, 0.29) is 24.9 Å².